The van der Waals surface area contributed by atoms with Crippen molar-refractivity contribution in [2.24, 2.45) is 0 Å². The summed E-state index contributed by atoms with van der Waals surface area (Å²) in [4.78, 5) is 8.53. The minimum atomic E-state index is -0.597. The number of hydrogen-bond acceptors (Lipinski definition) is 8. The Morgan fingerprint density at radius 2 is 2.28 bits per heavy atom. The SMILES string of the molecule is CNC1CCC1c1nn([C@H]2C[C@H](O)[C@@H](COC)O2)c2ncnc(N)c12. The third-order valence-corrected chi connectivity index (χ3v) is 5.35. The summed E-state index contributed by atoms with van der Waals surface area (Å²) in [6.45, 7) is 0.339. The Morgan fingerprint density at radius 3 is 2.96 bits per heavy atom. The number of anilines is 1. The van der Waals surface area contributed by atoms with Crippen LogP contribution in [0.15, 0.2) is 6.33 Å². The van der Waals surface area contributed by atoms with Gasteiger partial charge in [-0.25, -0.2) is 14.6 Å². The molecule has 1 saturated heterocycles. The molecule has 136 valence electrons. The number of ether oxygens (including phenoxy) is 2. The molecule has 4 rings (SSSR count). The first kappa shape index (κ1) is 16.6. The fourth-order valence-corrected chi connectivity index (χ4v) is 3.83. The van der Waals surface area contributed by atoms with E-state index < -0.39 is 12.3 Å². The van der Waals surface area contributed by atoms with Crippen LogP contribution in [0.1, 0.15) is 37.1 Å². The van der Waals surface area contributed by atoms with Crippen LogP contribution in [0.25, 0.3) is 11.0 Å². The minimum absolute atomic E-state index is 0.281. The monoisotopic (exact) mass is 348 g/mol. The maximum Gasteiger partial charge on any atom is 0.166 e. The Bertz CT molecular complexity index is 764. The number of aliphatic hydroxyl groups is 1. The molecule has 2 fully saturated rings. The quantitative estimate of drug-likeness (QED) is 0.699. The van der Waals surface area contributed by atoms with Gasteiger partial charge in [-0.1, -0.05) is 0 Å². The highest BCUT2D eigenvalue weighted by atomic mass is 16.6. The second-order valence-electron chi connectivity index (χ2n) is 6.75. The zero-order valence-corrected chi connectivity index (χ0v) is 14.4. The van der Waals surface area contributed by atoms with Gasteiger partial charge >= 0.3 is 0 Å². The van der Waals surface area contributed by atoms with Crippen molar-refractivity contribution in [2.75, 3.05) is 26.5 Å². The number of nitrogens with two attached hydrogens (primary N) is 1. The summed E-state index contributed by atoms with van der Waals surface area (Å²) < 4.78 is 12.8. The van der Waals surface area contributed by atoms with Gasteiger partial charge in [0, 0.05) is 25.5 Å². The van der Waals surface area contributed by atoms with Crippen LogP contribution in [0.4, 0.5) is 5.82 Å². The van der Waals surface area contributed by atoms with Crippen LogP contribution in [0.2, 0.25) is 0 Å². The molecular formula is C16H24N6O3. The molecule has 2 aliphatic rings. The molecule has 0 aromatic carbocycles. The van der Waals surface area contributed by atoms with Crippen molar-refractivity contribution >= 4 is 16.9 Å². The van der Waals surface area contributed by atoms with Crippen molar-refractivity contribution in [1.29, 1.82) is 0 Å². The predicted octanol–water partition coefficient (Wildman–Crippen LogP) is 0.169. The lowest BCUT2D eigenvalue weighted by atomic mass is 9.77. The molecule has 2 unspecified atom stereocenters. The normalized spacial score (nSPS) is 32.2. The van der Waals surface area contributed by atoms with Crippen molar-refractivity contribution in [2.45, 2.75) is 49.7 Å². The lowest BCUT2D eigenvalue weighted by Crippen LogP contribution is -2.40. The molecule has 1 aliphatic carbocycles. The molecule has 0 amide bonds. The van der Waals surface area contributed by atoms with E-state index in [9.17, 15) is 5.11 Å². The largest absolute Gasteiger partial charge is 0.390 e. The van der Waals surface area contributed by atoms with Gasteiger partial charge in [-0.15, -0.1) is 0 Å². The maximum absolute atomic E-state index is 10.2. The first-order chi connectivity index (χ1) is 12.1. The molecule has 0 radical (unpaired) electrons. The molecular weight excluding hydrogens is 324 g/mol. The van der Waals surface area contributed by atoms with Crippen LogP contribution < -0.4 is 11.1 Å². The third-order valence-electron chi connectivity index (χ3n) is 5.35. The first-order valence-electron chi connectivity index (χ1n) is 8.62. The number of nitrogens with zero attached hydrogens (tertiary/aromatic N) is 4. The Hall–Kier alpha value is -1.81. The Labute approximate surface area is 145 Å². The predicted molar refractivity (Wildman–Crippen MR) is 91.0 cm³/mol. The van der Waals surface area contributed by atoms with Gasteiger partial charge in [0.25, 0.3) is 0 Å². The van der Waals surface area contributed by atoms with E-state index in [0.29, 0.717) is 30.5 Å². The molecule has 1 aliphatic heterocycles. The highest BCUT2D eigenvalue weighted by Crippen LogP contribution is 2.41. The highest BCUT2D eigenvalue weighted by molar-refractivity contribution is 5.88. The summed E-state index contributed by atoms with van der Waals surface area (Å²) >= 11 is 0. The average Bonchev–Trinajstić information content (AvgIpc) is 3.10. The van der Waals surface area contributed by atoms with E-state index in [1.807, 2.05) is 7.05 Å². The van der Waals surface area contributed by atoms with Gasteiger partial charge < -0.3 is 25.6 Å². The van der Waals surface area contributed by atoms with Crippen LogP contribution in [0.5, 0.6) is 0 Å². The summed E-state index contributed by atoms with van der Waals surface area (Å²) in [7, 11) is 3.55. The zero-order valence-electron chi connectivity index (χ0n) is 14.4. The molecule has 2 aromatic rings. The molecule has 1 saturated carbocycles. The summed E-state index contributed by atoms with van der Waals surface area (Å²) in [5.41, 5.74) is 7.70. The average molecular weight is 348 g/mol. The van der Waals surface area contributed by atoms with Gasteiger partial charge in [-0.3, -0.25) is 0 Å². The van der Waals surface area contributed by atoms with Gasteiger partial charge in [-0.2, -0.15) is 5.10 Å². The zero-order chi connectivity index (χ0) is 17.6. The fraction of sp³-hybridized carbons (Fsp3) is 0.688. The van der Waals surface area contributed by atoms with E-state index >= 15 is 0 Å². The Kier molecular flexibility index (Phi) is 4.32. The van der Waals surface area contributed by atoms with Crippen molar-refractivity contribution in [3.8, 4) is 0 Å². The number of fused-ring (bicyclic) bond motifs is 1. The van der Waals surface area contributed by atoms with Crippen LogP contribution in [-0.2, 0) is 9.47 Å². The summed E-state index contributed by atoms with van der Waals surface area (Å²) in [6.07, 6.45) is 2.67. The van der Waals surface area contributed by atoms with Crippen molar-refractivity contribution < 1.29 is 14.6 Å². The standard InChI is InChI=1S/C16H24N6O3/c1-18-9-4-3-8(9)14-13-15(17)19-7-20-16(13)22(21-14)12-5-10(23)11(25-12)6-24-2/h7-12,18,23H,3-6H2,1-2H3,(H2,17,19,20)/t8?,9?,10-,11+,12+/m0/s1. The summed E-state index contributed by atoms with van der Waals surface area (Å²) in [5.74, 6) is 0.711. The molecule has 4 N–H and O–H groups in total. The first-order valence-corrected chi connectivity index (χ1v) is 8.62. The van der Waals surface area contributed by atoms with E-state index in [0.717, 1.165) is 23.9 Å². The third kappa shape index (κ3) is 2.67. The van der Waals surface area contributed by atoms with E-state index in [4.69, 9.17) is 20.3 Å². The number of methoxy groups -OCH3 is 1. The molecule has 3 heterocycles. The van der Waals surface area contributed by atoms with Crippen molar-refractivity contribution in [1.82, 2.24) is 25.1 Å². The van der Waals surface area contributed by atoms with Crippen LogP contribution >= 0.6 is 0 Å². The molecule has 25 heavy (non-hydrogen) atoms. The summed E-state index contributed by atoms with van der Waals surface area (Å²) in [6, 6.07) is 0.377. The Morgan fingerprint density at radius 1 is 1.44 bits per heavy atom. The Balaban J connectivity index is 1.74. The fourth-order valence-electron chi connectivity index (χ4n) is 3.83. The second-order valence-corrected chi connectivity index (χ2v) is 6.75. The second kappa shape index (κ2) is 6.49. The van der Waals surface area contributed by atoms with Gasteiger partial charge in [-0.05, 0) is 19.9 Å². The van der Waals surface area contributed by atoms with Gasteiger partial charge in [0.1, 0.15) is 18.2 Å². The van der Waals surface area contributed by atoms with Gasteiger partial charge in [0.15, 0.2) is 11.9 Å². The molecule has 5 atom stereocenters. The van der Waals surface area contributed by atoms with E-state index in [1.54, 1.807) is 11.8 Å². The topological polar surface area (TPSA) is 120 Å². The van der Waals surface area contributed by atoms with Crippen molar-refractivity contribution in [3.05, 3.63) is 12.0 Å². The number of nitrogens with one attached hydrogen (secondary N) is 1. The minimum Gasteiger partial charge on any atom is -0.390 e. The van der Waals surface area contributed by atoms with E-state index in [2.05, 4.69) is 15.3 Å². The molecule has 0 bridgehead atoms. The molecule has 2 aromatic heterocycles. The number of aromatic nitrogens is 4. The summed E-state index contributed by atoms with van der Waals surface area (Å²) in [5, 5.41) is 19.1. The maximum atomic E-state index is 10.2. The van der Waals surface area contributed by atoms with Crippen LogP contribution in [0.3, 0.4) is 0 Å². The lowest BCUT2D eigenvalue weighted by molar-refractivity contribution is -0.0559. The molecule has 9 nitrogen and oxygen atoms in total. The van der Waals surface area contributed by atoms with Crippen LogP contribution in [0, 0.1) is 0 Å². The van der Waals surface area contributed by atoms with Gasteiger partial charge in [0.2, 0.25) is 0 Å². The van der Waals surface area contributed by atoms with E-state index in [1.165, 1.54) is 6.33 Å². The lowest BCUT2D eigenvalue weighted by Gasteiger charge is -2.35. The van der Waals surface area contributed by atoms with Crippen molar-refractivity contribution in [3.63, 3.8) is 0 Å². The highest BCUT2D eigenvalue weighted by Gasteiger charge is 2.39. The number of nitrogen functional groups attached to an aromatic ring is 1. The number of rotatable bonds is 5. The smallest absolute Gasteiger partial charge is 0.166 e. The number of hydrogen-bond donors (Lipinski definition) is 3. The van der Waals surface area contributed by atoms with Gasteiger partial charge in [0.05, 0.1) is 23.8 Å². The van der Waals surface area contributed by atoms with Crippen LogP contribution in [-0.4, -0.2) is 63.9 Å². The van der Waals surface area contributed by atoms with E-state index in [-0.39, 0.29) is 12.0 Å². The number of aliphatic hydroxyl groups excluding tert-OH is 1. The molecule has 0 spiro atoms. The number of likely N-dealkylation sites (N-methyl/N-ethyl adjacent to an activating group) is 1. The molecule has 9 heteroatoms.